The summed E-state index contributed by atoms with van der Waals surface area (Å²) in [5, 5.41) is 8.88. The summed E-state index contributed by atoms with van der Waals surface area (Å²) in [6, 6.07) is 4.14. The highest BCUT2D eigenvalue weighted by Crippen LogP contribution is 2.22. The Bertz CT molecular complexity index is 457. The maximum Gasteiger partial charge on any atom is 0.307 e. The number of rotatable bonds is 8. The Hall–Kier alpha value is -1.00. The third-order valence-electron chi connectivity index (χ3n) is 3.46. The number of methoxy groups -OCH3 is 1. The van der Waals surface area contributed by atoms with Gasteiger partial charge in [0.25, 0.3) is 0 Å². The van der Waals surface area contributed by atoms with E-state index in [4.69, 9.17) is 9.84 Å². The van der Waals surface area contributed by atoms with Crippen molar-refractivity contribution in [2.75, 3.05) is 12.9 Å². The fourth-order valence-electron chi connectivity index (χ4n) is 1.99. The third-order valence-corrected chi connectivity index (χ3v) is 4.50. The molecule has 1 unspecified atom stereocenters. The molecule has 0 aliphatic heterocycles. The molecular formula is C16H24O3S. The second-order valence-electron chi connectivity index (χ2n) is 5.16. The van der Waals surface area contributed by atoms with Crippen molar-refractivity contribution in [2.24, 2.45) is 0 Å². The van der Waals surface area contributed by atoms with Crippen LogP contribution in [0.4, 0.5) is 0 Å². The number of hydrogen-bond donors (Lipinski definition) is 1. The van der Waals surface area contributed by atoms with Crippen molar-refractivity contribution in [3.05, 3.63) is 34.4 Å². The number of carboxylic acids is 1. The minimum atomic E-state index is -0.775. The van der Waals surface area contributed by atoms with Gasteiger partial charge in [0.05, 0.1) is 12.5 Å². The molecule has 0 spiro atoms. The molecule has 3 nitrogen and oxygen atoms in total. The number of thioether (sulfide) groups is 1. The monoisotopic (exact) mass is 296 g/mol. The highest BCUT2D eigenvalue weighted by Gasteiger charge is 2.08. The van der Waals surface area contributed by atoms with E-state index >= 15 is 0 Å². The first-order valence-corrected chi connectivity index (χ1v) is 8.00. The molecule has 0 aliphatic carbocycles. The molecule has 0 heterocycles. The number of benzene rings is 1. The summed E-state index contributed by atoms with van der Waals surface area (Å²) in [6.07, 6.45) is 1.46. The normalized spacial score (nSPS) is 12.4. The predicted molar refractivity (Wildman–Crippen MR) is 84.5 cm³/mol. The molecule has 112 valence electrons. The molecule has 0 saturated carbocycles. The Kier molecular flexibility index (Phi) is 7.10. The zero-order valence-corrected chi connectivity index (χ0v) is 13.5. The molecule has 0 fully saturated rings. The summed E-state index contributed by atoms with van der Waals surface area (Å²) < 4.78 is 5.23. The van der Waals surface area contributed by atoms with Gasteiger partial charge in [-0.3, -0.25) is 4.79 Å². The highest BCUT2D eigenvalue weighted by atomic mass is 32.2. The van der Waals surface area contributed by atoms with Crippen LogP contribution in [-0.4, -0.2) is 30.0 Å². The molecule has 0 amide bonds. The van der Waals surface area contributed by atoms with Crippen LogP contribution in [0.25, 0.3) is 0 Å². The zero-order chi connectivity index (χ0) is 15.1. The van der Waals surface area contributed by atoms with Crippen LogP contribution in [-0.2, 0) is 21.7 Å². The molecule has 1 aromatic carbocycles. The van der Waals surface area contributed by atoms with Crippen molar-refractivity contribution < 1.29 is 14.6 Å². The molecule has 1 atom stereocenters. The lowest BCUT2D eigenvalue weighted by molar-refractivity contribution is -0.136. The van der Waals surface area contributed by atoms with E-state index in [1.54, 1.807) is 7.11 Å². The van der Waals surface area contributed by atoms with E-state index in [-0.39, 0.29) is 6.42 Å². The first kappa shape index (κ1) is 17.1. The smallest absolute Gasteiger partial charge is 0.307 e. The van der Waals surface area contributed by atoms with E-state index < -0.39 is 5.97 Å². The van der Waals surface area contributed by atoms with Crippen molar-refractivity contribution in [1.82, 2.24) is 0 Å². The Labute approximate surface area is 125 Å². The van der Waals surface area contributed by atoms with Crippen LogP contribution in [0, 0.1) is 13.8 Å². The largest absolute Gasteiger partial charge is 0.481 e. The number of aliphatic carboxylic acids is 1. The number of ether oxygens (including phenoxy) is 1. The summed E-state index contributed by atoms with van der Waals surface area (Å²) in [6.45, 7) is 6.12. The van der Waals surface area contributed by atoms with Crippen LogP contribution < -0.4 is 0 Å². The lowest BCUT2D eigenvalue weighted by atomic mass is 9.99. The van der Waals surface area contributed by atoms with Gasteiger partial charge in [-0.2, -0.15) is 11.8 Å². The first-order valence-electron chi connectivity index (χ1n) is 6.85. The van der Waals surface area contributed by atoms with Gasteiger partial charge in [0.15, 0.2) is 0 Å². The number of carboxylic acid groups (broad SMARTS) is 1. The minimum absolute atomic E-state index is 0.103. The topological polar surface area (TPSA) is 46.5 Å². The molecule has 20 heavy (non-hydrogen) atoms. The van der Waals surface area contributed by atoms with Gasteiger partial charge >= 0.3 is 5.97 Å². The van der Waals surface area contributed by atoms with Crippen molar-refractivity contribution in [3.8, 4) is 0 Å². The van der Waals surface area contributed by atoms with Crippen molar-refractivity contribution >= 4 is 17.7 Å². The maximum atomic E-state index is 10.8. The van der Waals surface area contributed by atoms with E-state index in [1.807, 2.05) is 24.8 Å². The van der Waals surface area contributed by atoms with E-state index in [9.17, 15) is 4.79 Å². The van der Waals surface area contributed by atoms with Gasteiger partial charge in [-0.15, -0.1) is 0 Å². The molecular weight excluding hydrogens is 272 g/mol. The van der Waals surface area contributed by atoms with Crippen LogP contribution in [0.5, 0.6) is 0 Å². The summed E-state index contributed by atoms with van der Waals surface area (Å²) in [5.74, 6) is 1.27. The van der Waals surface area contributed by atoms with Gasteiger partial charge in [0.2, 0.25) is 0 Å². The van der Waals surface area contributed by atoms with Crippen molar-refractivity contribution in [2.45, 2.75) is 45.5 Å². The fraction of sp³-hybridized carbons (Fsp3) is 0.562. The van der Waals surface area contributed by atoms with E-state index in [2.05, 4.69) is 19.9 Å². The average Bonchev–Trinajstić information content (AvgIpc) is 2.38. The molecule has 1 aromatic rings. The Morgan fingerprint density at radius 1 is 1.30 bits per heavy atom. The minimum Gasteiger partial charge on any atom is -0.481 e. The van der Waals surface area contributed by atoms with Crippen LogP contribution in [0.1, 0.15) is 35.6 Å². The lowest BCUT2D eigenvalue weighted by Gasteiger charge is -2.12. The molecule has 1 rings (SSSR count). The lowest BCUT2D eigenvalue weighted by Crippen LogP contribution is -2.06. The number of aryl methyl sites for hydroxylation is 2. The van der Waals surface area contributed by atoms with Crippen LogP contribution >= 0.6 is 11.8 Å². The van der Waals surface area contributed by atoms with Crippen LogP contribution in [0.2, 0.25) is 0 Å². The quantitative estimate of drug-likeness (QED) is 0.745. The number of hydrogen-bond acceptors (Lipinski definition) is 3. The van der Waals surface area contributed by atoms with Crippen LogP contribution in [0.15, 0.2) is 12.1 Å². The number of carbonyl (C=O) groups is 1. The summed E-state index contributed by atoms with van der Waals surface area (Å²) in [7, 11) is 1.74. The maximum absolute atomic E-state index is 10.8. The highest BCUT2D eigenvalue weighted by molar-refractivity contribution is 7.98. The molecule has 4 heteroatoms. The van der Waals surface area contributed by atoms with Gasteiger partial charge in [0.1, 0.15) is 0 Å². The van der Waals surface area contributed by atoms with E-state index in [0.717, 1.165) is 29.1 Å². The Balaban J connectivity index is 2.59. The van der Waals surface area contributed by atoms with Gasteiger partial charge in [0, 0.05) is 12.9 Å². The van der Waals surface area contributed by atoms with Crippen molar-refractivity contribution in [1.29, 1.82) is 0 Å². The van der Waals surface area contributed by atoms with Crippen LogP contribution in [0.3, 0.4) is 0 Å². The van der Waals surface area contributed by atoms with Gasteiger partial charge < -0.3 is 9.84 Å². The van der Waals surface area contributed by atoms with Crippen molar-refractivity contribution in [3.63, 3.8) is 0 Å². The molecule has 1 N–H and O–H groups in total. The molecule has 0 bridgehead atoms. The van der Waals surface area contributed by atoms with Gasteiger partial charge in [-0.1, -0.05) is 12.1 Å². The second-order valence-corrected chi connectivity index (χ2v) is 6.27. The zero-order valence-electron chi connectivity index (χ0n) is 12.7. The summed E-state index contributed by atoms with van der Waals surface area (Å²) in [5.41, 5.74) is 4.46. The third kappa shape index (κ3) is 5.55. The fourth-order valence-corrected chi connectivity index (χ4v) is 3.17. The SMILES string of the molecule is COC(C)CCSCc1cc(C)c(CC(=O)O)cc1C. The standard InChI is InChI=1S/C16H24O3S/c1-11-8-15(10-20-6-5-13(3)19-4)12(2)7-14(11)9-16(17)18/h7-8,13H,5-6,9-10H2,1-4H3,(H,17,18). The predicted octanol–water partition coefficient (Wildman–Crippen LogP) is 3.59. The summed E-state index contributed by atoms with van der Waals surface area (Å²) >= 11 is 1.90. The first-order chi connectivity index (χ1) is 9.43. The van der Waals surface area contributed by atoms with E-state index in [1.165, 1.54) is 11.1 Å². The second kappa shape index (κ2) is 8.32. The molecule has 0 saturated heterocycles. The Morgan fingerprint density at radius 3 is 2.50 bits per heavy atom. The van der Waals surface area contributed by atoms with Gasteiger partial charge in [-0.25, -0.2) is 0 Å². The molecule has 0 aliphatic rings. The van der Waals surface area contributed by atoms with Gasteiger partial charge in [-0.05, 0) is 55.2 Å². The van der Waals surface area contributed by atoms with E-state index in [0.29, 0.717) is 6.10 Å². The molecule has 0 aromatic heterocycles. The summed E-state index contributed by atoms with van der Waals surface area (Å²) in [4.78, 5) is 10.8. The Morgan fingerprint density at radius 2 is 1.90 bits per heavy atom. The molecule has 0 radical (unpaired) electrons. The average molecular weight is 296 g/mol.